The molecule has 70 valence electrons. The SMILES string of the molecule is CC1(C)[C@@H]2CC[C@](O)(CO)[C@@H]1C2. The molecular formula is C10H18O2. The van der Waals surface area contributed by atoms with E-state index >= 15 is 0 Å². The van der Waals surface area contributed by atoms with Gasteiger partial charge in [0.2, 0.25) is 0 Å². The third kappa shape index (κ3) is 0.826. The first-order chi connectivity index (χ1) is 5.50. The fraction of sp³-hybridized carbons (Fsp3) is 1.00. The second kappa shape index (κ2) is 2.24. The topological polar surface area (TPSA) is 40.5 Å². The van der Waals surface area contributed by atoms with Gasteiger partial charge in [0.05, 0.1) is 12.2 Å². The summed E-state index contributed by atoms with van der Waals surface area (Å²) >= 11 is 0. The lowest BCUT2D eigenvalue weighted by atomic mass is 9.44. The van der Waals surface area contributed by atoms with Crippen molar-refractivity contribution in [2.75, 3.05) is 6.61 Å². The molecule has 0 heterocycles. The van der Waals surface area contributed by atoms with E-state index in [2.05, 4.69) is 13.8 Å². The highest BCUT2D eigenvalue weighted by Crippen LogP contribution is 2.62. The Balaban J connectivity index is 2.21. The highest BCUT2D eigenvalue weighted by Gasteiger charge is 2.60. The Morgan fingerprint density at radius 2 is 2.08 bits per heavy atom. The lowest BCUT2D eigenvalue weighted by Gasteiger charge is -2.63. The summed E-state index contributed by atoms with van der Waals surface area (Å²) in [5, 5.41) is 19.2. The van der Waals surface area contributed by atoms with E-state index in [4.69, 9.17) is 5.11 Å². The molecule has 3 atom stereocenters. The van der Waals surface area contributed by atoms with Crippen LogP contribution in [0.5, 0.6) is 0 Å². The van der Waals surface area contributed by atoms with E-state index < -0.39 is 5.60 Å². The van der Waals surface area contributed by atoms with Gasteiger partial charge in [0.1, 0.15) is 0 Å². The fourth-order valence-electron chi connectivity index (χ4n) is 3.21. The molecule has 2 heteroatoms. The van der Waals surface area contributed by atoms with Gasteiger partial charge in [0.25, 0.3) is 0 Å². The molecular weight excluding hydrogens is 152 g/mol. The normalized spacial score (nSPS) is 50.0. The van der Waals surface area contributed by atoms with Gasteiger partial charge in [-0.1, -0.05) is 13.8 Å². The van der Waals surface area contributed by atoms with Crippen LogP contribution in [0.3, 0.4) is 0 Å². The van der Waals surface area contributed by atoms with E-state index in [1.54, 1.807) is 0 Å². The Bertz CT molecular complexity index is 198. The van der Waals surface area contributed by atoms with Crippen molar-refractivity contribution in [1.29, 1.82) is 0 Å². The molecule has 2 bridgehead atoms. The fourth-order valence-corrected chi connectivity index (χ4v) is 3.21. The van der Waals surface area contributed by atoms with Crippen LogP contribution >= 0.6 is 0 Å². The molecule has 0 aromatic heterocycles. The van der Waals surface area contributed by atoms with Gasteiger partial charge in [-0.3, -0.25) is 0 Å². The minimum atomic E-state index is -0.766. The van der Waals surface area contributed by atoms with Crippen LogP contribution < -0.4 is 0 Å². The van der Waals surface area contributed by atoms with Gasteiger partial charge in [-0.15, -0.1) is 0 Å². The summed E-state index contributed by atoms with van der Waals surface area (Å²) in [7, 11) is 0. The van der Waals surface area contributed by atoms with Crippen LogP contribution in [-0.2, 0) is 0 Å². The Morgan fingerprint density at radius 1 is 1.42 bits per heavy atom. The molecule has 3 fully saturated rings. The number of fused-ring (bicyclic) bond motifs is 2. The predicted molar refractivity (Wildman–Crippen MR) is 46.6 cm³/mol. The first-order valence-electron chi connectivity index (χ1n) is 4.84. The quantitative estimate of drug-likeness (QED) is 0.620. The molecule has 0 aliphatic heterocycles. The zero-order valence-electron chi connectivity index (χ0n) is 7.88. The maximum Gasteiger partial charge on any atom is 0.0910 e. The summed E-state index contributed by atoms with van der Waals surface area (Å²) < 4.78 is 0. The average molecular weight is 170 g/mol. The molecule has 0 aromatic rings. The Morgan fingerprint density at radius 3 is 2.42 bits per heavy atom. The number of rotatable bonds is 1. The molecule has 0 aromatic carbocycles. The smallest absolute Gasteiger partial charge is 0.0910 e. The van der Waals surface area contributed by atoms with E-state index in [9.17, 15) is 5.11 Å². The molecule has 2 N–H and O–H groups in total. The van der Waals surface area contributed by atoms with Gasteiger partial charge in [-0.2, -0.15) is 0 Å². The van der Waals surface area contributed by atoms with E-state index in [0.29, 0.717) is 5.92 Å². The summed E-state index contributed by atoms with van der Waals surface area (Å²) in [6.45, 7) is 4.37. The van der Waals surface area contributed by atoms with Gasteiger partial charge in [-0.05, 0) is 36.5 Å². The first kappa shape index (κ1) is 8.52. The number of aliphatic hydroxyl groups is 2. The van der Waals surface area contributed by atoms with E-state index in [1.807, 2.05) is 0 Å². The molecule has 3 rings (SSSR count). The van der Waals surface area contributed by atoms with Crippen molar-refractivity contribution in [3.05, 3.63) is 0 Å². The molecule has 3 saturated carbocycles. The Kier molecular flexibility index (Phi) is 1.59. The van der Waals surface area contributed by atoms with Crippen LogP contribution in [-0.4, -0.2) is 22.4 Å². The van der Waals surface area contributed by atoms with Gasteiger partial charge >= 0.3 is 0 Å². The van der Waals surface area contributed by atoms with Gasteiger partial charge in [0, 0.05) is 0 Å². The molecule has 0 amide bonds. The van der Waals surface area contributed by atoms with Crippen LogP contribution in [0.15, 0.2) is 0 Å². The molecule has 0 radical (unpaired) electrons. The molecule has 3 aliphatic rings. The average Bonchev–Trinajstić information content (AvgIpc) is 2.04. The Labute approximate surface area is 73.6 Å². The first-order valence-corrected chi connectivity index (χ1v) is 4.84. The molecule has 0 spiro atoms. The summed E-state index contributed by atoms with van der Waals surface area (Å²) in [6.07, 6.45) is 2.99. The zero-order chi connectivity index (χ0) is 8.98. The van der Waals surface area contributed by atoms with Gasteiger partial charge in [-0.25, -0.2) is 0 Å². The highest BCUT2D eigenvalue weighted by atomic mass is 16.3. The number of aliphatic hydroxyl groups excluding tert-OH is 1. The lowest BCUT2D eigenvalue weighted by molar-refractivity contribution is -0.215. The van der Waals surface area contributed by atoms with Gasteiger partial charge < -0.3 is 10.2 Å². The Hall–Kier alpha value is -0.0800. The summed E-state index contributed by atoms with van der Waals surface area (Å²) in [5.41, 5.74) is -0.506. The van der Waals surface area contributed by atoms with Crippen molar-refractivity contribution in [2.24, 2.45) is 17.3 Å². The molecule has 3 aliphatic carbocycles. The van der Waals surface area contributed by atoms with Crippen LogP contribution in [0.4, 0.5) is 0 Å². The third-order valence-electron chi connectivity index (χ3n) is 4.32. The van der Waals surface area contributed by atoms with Crippen LogP contribution in [0, 0.1) is 17.3 Å². The molecule has 2 nitrogen and oxygen atoms in total. The van der Waals surface area contributed by atoms with Crippen molar-refractivity contribution in [1.82, 2.24) is 0 Å². The second-order valence-corrected chi connectivity index (χ2v) is 5.11. The lowest BCUT2D eigenvalue weighted by Crippen LogP contribution is -2.62. The summed E-state index contributed by atoms with van der Waals surface area (Å²) in [6, 6.07) is 0. The number of hydrogen-bond acceptors (Lipinski definition) is 2. The van der Waals surface area contributed by atoms with Crippen molar-refractivity contribution >= 4 is 0 Å². The monoisotopic (exact) mass is 170 g/mol. The van der Waals surface area contributed by atoms with Crippen LogP contribution in [0.2, 0.25) is 0 Å². The van der Waals surface area contributed by atoms with Crippen LogP contribution in [0.1, 0.15) is 33.1 Å². The minimum Gasteiger partial charge on any atom is -0.393 e. The maximum atomic E-state index is 10.1. The summed E-state index contributed by atoms with van der Waals surface area (Å²) in [5.74, 6) is 1.11. The third-order valence-corrected chi connectivity index (χ3v) is 4.32. The standard InChI is InChI=1S/C10H18O2/c1-9(2)7-3-4-10(12,6-11)8(9)5-7/h7-8,11-12H,3-6H2,1-2H3/t7-,8-,10+/m1/s1. The largest absolute Gasteiger partial charge is 0.393 e. The van der Waals surface area contributed by atoms with Crippen molar-refractivity contribution < 1.29 is 10.2 Å². The van der Waals surface area contributed by atoms with Crippen molar-refractivity contribution in [3.8, 4) is 0 Å². The minimum absolute atomic E-state index is 0.0617. The maximum absolute atomic E-state index is 10.1. The van der Waals surface area contributed by atoms with Crippen LogP contribution in [0.25, 0.3) is 0 Å². The van der Waals surface area contributed by atoms with E-state index in [1.165, 1.54) is 0 Å². The van der Waals surface area contributed by atoms with Gasteiger partial charge in [0.15, 0.2) is 0 Å². The van der Waals surface area contributed by atoms with E-state index in [-0.39, 0.29) is 12.0 Å². The summed E-state index contributed by atoms with van der Waals surface area (Å²) in [4.78, 5) is 0. The number of hydrogen-bond donors (Lipinski definition) is 2. The van der Waals surface area contributed by atoms with Crippen molar-refractivity contribution in [2.45, 2.75) is 38.7 Å². The van der Waals surface area contributed by atoms with Crippen molar-refractivity contribution in [3.63, 3.8) is 0 Å². The highest BCUT2D eigenvalue weighted by molar-refractivity contribution is 5.10. The zero-order valence-corrected chi connectivity index (χ0v) is 7.88. The second-order valence-electron chi connectivity index (χ2n) is 5.11. The molecule has 0 unspecified atom stereocenters. The molecule has 0 saturated heterocycles. The molecule has 12 heavy (non-hydrogen) atoms. The predicted octanol–water partition coefficient (Wildman–Crippen LogP) is 1.17. The van der Waals surface area contributed by atoms with E-state index in [0.717, 1.165) is 25.2 Å².